The summed E-state index contributed by atoms with van der Waals surface area (Å²) in [6.07, 6.45) is 2.07. The highest BCUT2D eigenvalue weighted by molar-refractivity contribution is 5.33. The Morgan fingerprint density at radius 2 is 1.45 bits per heavy atom. The van der Waals surface area contributed by atoms with Gasteiger partial charge in [-0.3, -0.25) is 4.90 Å². The van der Waals surface area contributed by atoms with Crippen molar-refractivity contribution in [1.29, 1.82) is 0 Å². The monoisotopic (exact) mass is 385 g/mol. The van der Waals surface area contributed by atoms with E-state index in [1.807, 2.05) is 6.07 Å². The van der Waals surface area contributed by atoms with Crippen molar-refractivity contribution in [3.05, 3.63) is 114 Å². The Kier molecular flexibility index (Phi) is 7.66. The van der Waals surface area contributed by atoms with Crippen molar-refractivity contribution in [2.75, 3.05) is 13.7 Å². The molecule has 3 rings (SSSR count). The molecular weight excluding hydrogens is 354 g/mol. The highest BCUT2D eigenvalue weighted by Gasteiger charge is 2.20. The van der Waals surface area contributed by atoms with Gasteiger partial charge < -0.3 is 4.74 Å². The first-order valence-electron chi connectivity index (χ1n) is 10.3. The summed E-state index contributed by atoms with van der Waals surface area (Å²) in [4.78, 5) is 2.53. The van der Waals surface area contributed by atoms with Gasteiger partial charge in [0.15, 0.2) is 0 Å². The number of benzene rings is 3. The topological polar surface area (TPSA) is 12.5 Å². The van der Waals surface area contributed by atoms with Crippen molar-refractivity contribution in [3.8, 4) is 5.75 Å². The molecule has 3 aromatic carbocycles. The molecule has 0 bridgehead atoms. The van der Waals surface area contributed by atoms with Gasteiger partial charge in [0.25, 0.3) is 0 Å². The summed E-state index contributed by atoms with van der Waals surface area (Å²) in [7, 11) is 1.72. The molecule has 0 amide bonds. The predicted octanol–water partition coefficient (Wildman–Crippen LogP) is 6.30. The van der Waals surface area contributed by atoms with Crippen LogP contribution in [-0.2, 0) is 13.1 Å². The molecule has 2 nitrogen and oxygen atoms in total. The molecule has 150 valence electrons. The molecule has 0 fully saturated rings. The van der Waals surface area contributed by atoms with Gasteiger partial charge in [-0.2, -0.15) is 0 Å². The molecule has 0 spiro atoms. The predicted molar refractivity (Wildman–Crippen MR) is 122 cm³/mol. The highest BCUT2D eigenvalue weighted by Crippen LogP contribution is 2.29. The van der Waals surface area contributed by atoms with E-state index in [0.29, 0.717) is 5.92 Å². The number of nitrogens with zero attached hydrogens (tertiary/aromatic N) is 1. The third kappa shape index (κ3) is 6.07. The van der Waals surface area contributed by atoms with E-state index in [0.717, 1.165) is 25.4 Å². The summed E-state index contributed by atoms with van der Waals surface area (Å²) in [6, 6.07) is 29.8. The Bertz CT molecular complexity index is 834. The van der Waals surface area contributed by atoms with E-state index in [1.165, 1.54) is 16.7 Å². The summed E-state index contributed by atoms with van der Waals surface area (Å²) >= 11 is 0. The van der Waals surface area contributed by atoms with Crippen LogP contribution in [0.15, 0.2) is 97.6 Å². The number of ether oxygens (including phenoxy) is 1. The van der Waals surface area contributed by atoms with Crippen LogP contribution in [0.3, 0.4) is 0 Å². The Hall–Kier alpha value is -2.84. The molecule has 0 radical (unpaired) electrons. The molecule has 3 aromatic rings. The maximum absolute atomic E-state index is 5.42. The van der Waals surface area contributed by atoms with Crippen LogP contribution in [0.2, 0.25) is 0 Å². The maximum atomic E-state index is 5.42. The molecule has 0 aromatic heterocycles. The quantitative estimate of drug-likeness (QED) is 0.380. The smallest absolute Gasteiger partial charge is 0.119 e. The lowest BCUT2D eigenvalue weighted by molar-refractivity contribution is 0.213. The Balaban J connectivity index is 1.77. The second-order valence-corrected chi connectivity index (χ2v) is 7.66. The van der Waals surface area contributed by atoms with E-state index in [-0.39, 0.29) is 5.92 Å². The van der Waals surface area contributed by atoms with Gasteiger partial charge in [-0.15, -0.1) is 6.58 Å². The summed E-state index contributed by atoms with van der Waals surface area (Å²) in [6.45, 7) is 9.29. The molecule has 0 saturated heterocycles. The Labute approximate surface area is 175 Å². The van der Waals surface area contributed by atoms with Crippen molar-refractivity contribution in [1.82, 2.24) is 4.90 Å². The van der Waals surface area contributed by atoms with Crippen LogP contribution in [0.25, 0.3) is 0 Å². The summed E-state index contributed by atoms with van der Waals surface area (Å²) in [5.41, 5.74) is 3.94. The van der Waals surface area contributed by atoms with Gasteiger partial charge in [0.05, 0.1) is 7.11 Å². The van der Waals surface area contributed by atoms with E-state index in [4.69, 9.17) is 4.74 Å². The minimum absolute atomic E-state index is 0.277. The Morgan fingerprint density at radius 3 is 1.97 bits per heavy atom. The zero-order valence-electron chi connectivity index (χ0n) is 17.5. The van der Waals surface area contributed by atoms with Crippen LogP contribution in [0.1, 0.15) is 29.5 Å². The van der Waals surface area contributed by atoms with Crippen LogP contribution in [-0.4, -0.2) is 18.6 Å². The zero-order chi connectivity index (χ0) is 20.5. The molecule has 2 heteroatoms. The largest absolute Gasteiger partial charge is 0.497 e. The molecule has 2 atom stereocenters. The van der Waals surface area contributed by atoms with Crippen molar-refractivity contribution in [2.45, 2.75) is 25.9 Å². The fourth-order valence-electron chi connectivity index (χ4n) is 3.93. The second kappa shape index (κ2) is 10.6. The first-order chi connectivity index (χ1) is 14.2. The average Bonchev–Trinajstić information content (AvgIpc) is 2.76. The van der Waals surface area contributed by atoms with Gasteiger partial charge in [0.2, 0.25) is 0 Å². The Morgan fingerprint density at radius 1 is 0.862 bits per heavy atom. The number of methoxy groups -OCH3 is 1. The van der Waals surface area contributed by atoms with Gasteiger partial charge in [-0.25, -0.2) is 0 Å². The first-order valence-corrected chi connectivity index (χ1v) is 10.3. The van der Waals surface area contributed by atoms with Gasteiger partial charge in [0, 0.05) is 25.6 Å². The lowest BCUT2D eigenvalue weighted by Gasteiger charge is -2.30. The van der Waals surface area contributed by atoms with Crippen LogP contribution >= 0.6 is 0 Å². The van der Waals surface area contributed by atoms with Gasteiger partial charge >= 0.3 is 0 Å². The third-order valence-electron chi connectivity index (χ3n) is 5.39. The normalized spacial score (nSPS) is 13.1. The van der Waals surface area contributed by atoms with E-state index in [2.05, 4.69) is 103 Å². The molecule has 0 unspecified atom stereocenters. The molecule has 0 N–H and O–H groups in total. The van der Waals surface area contributed by atoms with Crippen molar-refractivity contribution in [2.24, 2.45) is 5.92 Å². The standard InChI is InChI=1S/C27H31NO/c1-4-27(25-16-11-17-26(18-25)29-3)22(2)19-28(20-23-12-7-5-8-13-23)21-24-14-9-6-10-15-24/h4-18,22,27H,1,19-21H2,2-3H3/t22-,27+/m0/s1. The fourth-order valence-corrected chi connectivity index (χ4v) is 3.93. The van der Waals surface area contributed by atoms with Gasteiger partial charge in [0.1, 0.15) is 5.75 Å². The van der Waals surface area contributed by atoms with E-state index in [1.54, 1.807) is 7.11 Å². The van der Waals surface area contributed by atoms with Gasteiger partial charge in [-0.05, 0) is 34.7 Å². The molecular formula is C27H31NO. The number of allylic oxidation sites excluding steroid dienone is 1. The van der Waals surface area contributed by atoms with Crippen LogP contribution in [0.4, 0.5) is 0 Å². The van der Waals surface area contributed by atoms with Crippen molar-refractivity contribution < 1.29 is 4.74 Å². The minimum atomic E-state index is 0.277. The number of hydrogen-bond acceptors (Lipinski definition) is 2. The van der Waals surface area contributed by atoms with Crippen molar-refractivity contribution in [3.63, 3.8) is 0 Å². The molecule has 0 aliphatic rings. The van der Waals surface area contributed by atoms with E-state index < -0.39 is 0 Å². The average molecular weight is 386 g/mol. The lowest BCUT2D eigenvalue weighted by Crippen LogP contribution is -2.30. The van der Waals surface area contributed by atoms with Crippen molar-refractivity contribution >= 4 is 0 Å². The minimum Gasteiger partial charge on any atom is -0.497 e. The zero-order valence-corrected chi connectivity index (χ0v) is 17.5. The van der Waals surface area contributed by atoms with Crippen LogP contribution in [0, 0.1) is 5.92 Å². The SMILES string of the molecule is C=C[C@@H](c1cccc(OC)c1)[C@@H](C)CN(Cc1ccccc1)Cc1ccccc1. The lowest BCUT2D eigenvalue weighted by atomic mass is 9.86. The van der Waals surface area contributed by atoms with Crippen LogP contribution in [0.5, 0.6) is 5.75 Å². The summed E-state index contributed by atoms with van der Waals surface area (Å²) in [5, 5.41) is 0. The van der Waals surface area contributed by atoms with Crippen LogP contribution < -0.4 is 4.74 Å². The maximum Gasteiger partial charge on any atom is 0.119 e. The van der Waals surface area contributed by atoms with E-state index in [9.17, 15) is 0 Å². The number of hydrogen-bond donors (Lipinski definition) is 0. The molecule has 0 aliphatic heterocycles. The summed E-state index contributed by atoms with van der Waals surface area (Å²) < 4.78 is 5.42. The summed E-state index contributed by atoms with van der Waals surface area (Å²) in [5.74, 6) is 1.60. The van der Waals surface area contributed by atoms with Gasteiger partial charge in [-0.1, -0.05) is 85.8 Å². The highest BCUT2D eigenvalue weighted by atomic mass is 16.5. The second-order valence-electron chi connectivity index (χ2n) is 7.66. The fraction of sp³-hybridized carbons (Fsp3) is 0.259. The van der Waals surface area contributed by atoms with E-state index >= 15 is 0 Å². The molecule has 29 heavy (non-hydrogen) atoms. The number of rotatable bonds is 10. The third-order valence-corrected chi connectivity index (χ3v) is 5.39. The molecule has 0 aliphatic carbocycles. The molecule has 0 saturated carbocycles. The molecule has 0 heterocycles. The first kappa shape index (κ1) is 20.9.